The molecule has 0 fully saturated rings. The zero-order valence-corrected chi connectivity index (χ0v) is 9.90. The van der Waals surface area contributed by atoms with Crippen molar-refractivity contribution < 1.29 is 0 Å². The van der Waals surface area contributed by atoms with Gasteiger partial charge in [-0.1, -0.05) is 13.8 Å². The lowest BCUT2D eigenvalue weighted by Crippen LogP contribution is -2.36. The number of hydrogen-bond acceptors (Lipinski definition) is 3. The van der Waals surface area contributed by atoms with Gasteiger partial charge in [-0.05, 0) is 31.2 Å². The molecule has 0 saturated heterocycles. The maximum atomic E-state index is 5.53. The second-order valence-electron chi connectivity index (χ2n) is 4.48. The first kappa shape index (κ1) is 12.2. The lowest BCUT2D eigenvalue weighted by atomic mass is 9.99. The molecule has 3 N–H and O–H groups in total. The molecule has 4 nitrogen and oxygen atoms in total. The summed E-state index contributed by atoms with van der Waals surface area (Å²) in [5, 5.41) is 4.15. The summed E-state index contributed by atoms with van der Waals surface area (Å²) in [6, 6.07) is 2.46. The Labute approximate surface area is 91.8 Å². The van der Waals surface area contributed by atoms with Gasteiger partial charge in [0.15, 0.2) is 0 Å². The van der Waals surface area contributed by atoms with Crippen LogP contribution in [0.15, 0.2) is 12.3 Å². The molecule has 1 unspecified atom stereocenters. The van der Waals surface area contributed by atoms with Gasteiger partial charge in [-0.15, -0.1) is 0 Å². The van der Waals surface area contributed by atoms with Crippen LogP contribution in [0.5, 0.6) is 0 Å². The Morgan fingerprint density at radius 3 is 2.73 bits per heavy atom. The molecule has 1 aromatic heterocycles. The average molecular weight is 210 g/mol. The highest BCUT2D eigenvalue weighted by molar-refractivity contribution is 5.00. The number of rotatable bonds is 6. The summed E-state index contributed by atoms with van der Waals surface area (Å²) in [6.07, 6.45) is 5.04. The standard InChI is InChI=1S/C11H22N4/c1-9(2)8-10(14-12)4-5-11-6-7-13-15(11)3/h6-7,9-10,14H,4-5,8,12H2,1-3H3. The minimum Gasteiger partial charge on any atom is -0.273 e. The normalized spacial score (nSPS) is 13.4. The van der Waals surface area contributed by atoms with Crippen molar-refractivity contribution in [2.24, 2.45) is 18.8 Å². The van der Waals surface area contributed by atoms with Crippen molar-refractivity contribution in [2.45, 2.75) is 39.2 Å². The Balaban J connectivity index is 2.37. The maximum absolute atomic E-state index is 5.53. The molecule has 0 aliphatic carbocycles. The van der Waals surface area contributed by atoms with Crippen molar-refractivity contribution >= 4 is 0 Å². The van der Waals surface area contributed by atoms with Crippen molar-refractivity contribution in [3.05, 3.63) is 18.0 Å². The molecule has 86 valence electrons. The van der Waals surface area contributed by atoms with Crippen LogP contribution in [0.25, 0.3) is 0 Å². The maximum Gasteiger partial charge on any atom is 0.0492 e. The molecule has 0 saturated carbocycles. The summed E-state index contributed by atoms with van der Waals surface area (Å²) < 4.78 is 1.92. The number of hydrogen-bond donors (Lipinski definition) is 2. The number of nitrogens with zero attached hydrogens (tertiary/aromatic N) is 2. The Morgan fingerprint density at radius 2 is 2.27 bits per heavy atom. The number of aryl methyl sites for hydroxylation is 2. The minimum atomic E-state index is 0.403. The summed E-state index contributed by atoms with van der Waals surface area (Å²) in [5.74, 6) is 6.20. The Hall–Kier alpha value is -0.870. The van der Waals surface area contributed by atoms with Crippen molar-refractivity contribution in [2.75, 3.05) is 0 Å². The van der Waals surface area contributed by atoms with Crippen molar-refractivity contribution in [1.82, 2.24) is 15.2 Å². The Morgan fingerprint density at radius 1 is 1.53 bits per heavy atom. The third-order valence-electron chi connectivity index (χ3n) is 2.66. The summed E-state index contributed by atoms with van der Waals surface area (Å²) in [5.41, 5.74) is 4.15. The van der Waals surface area contributed by atoms with Crippen LogP contribution in [0.1, 0.15) is 32.4 Å². The molecule has 1 rings (SSSR count). The highest BCUT2D eigenvalue weighted by Gasteiger charge is 2.09. The van der Waals surface area contributed by atoms with Gasteiger partial charge in [-0.25, -0.2) is 0 Å². The van der Waals surface area contributed by atoms with E-state index in [0.717, 1.165) is 19.3 Å². The van der Waals surface area contributed by atoms with Gasteiger partial charge in [-0.2, -0.15) is 5.10 Å². The van der Waals surface area contributed by atoms with E-state index in [1.807, 2.05) is 17.9 Å². The van der Waals surface area contributed by atoms with Gasteiger partial charge in [0.1, 0.15) is 0 Å². The van der Waals surface area contributed by atoms with E-state index in [0.29, 0.717) is 12.0 Å². The average Bonchev–Trinajstić information content (AvgIpc) is 2.58. The van der Waals surface area contributed by atoms with Crippen molar-refractivity contribution in [3.63, 3.8) is 0 Å². The molecular weight excluding hydrogens is 188 g/mol. The van der Waals surface area contributed by atoms with E-state index in [4.69, 9.17) is 5.84 Å². The summed E-state index contributed by atoms with van der Waals surface area (Å²) >= 11 is 0. The molecule has 1 atom stereocenters. The van der Waals surface area contributed by atoms with Gasteiger partial charge >= 0.3 is 0 Å². The molecule has 15 heavy (non-hydrogen) atoms. The molecule has 0 radical (unpaired) electrons. The Kier molecular flexibility index (Phi) is 4.78. The van der Waals surface area contributed by atoms with Crippen LogP contribution in [0.4, 0.5) is 0 Å². The molecule has 1 aromatic rings. The van der Waals surface area contributed by atoms with Gasteiger partial charge in [0.05, 0.1) is 0 Å². The van der Waals surface area contributed by atoms with E-state index >= 15 is 0 Å². The quantitative estimate of drug-likeness (QED) is 0.548. The van der Waals surface area contributed by atoms with E-state index < -0.39 is 0 Å². The van der Waals surface area contributed by atoms with Crippen LogP contribution >= 0.6 is 0 Å². The lowest BCUT2D eigenvalue weighted by Gasteiger charge is -2.17. The van der Waals surface area contributed by atoms with E-state index in [2.05, 4.69) is 30.4 Å². The fourth-order valence-electron chi connectivity index (χ4n) is 1.81. The molecule has 0 aliphatic heterocycles. The van der Waals surface area contributed by atoms with Gasteiger partial charge in [0, 0.05) is 25.0 Å². The monoisotopic (exact) mass is 210 g/mol. The molecule has 0 spiro atoms. The third-order valence-corrected chi connectivity index (χ3v) is 2.66. The SMILES string of the molecule is CC(C)CC(CCc1ccnn1C)NN. The zero-order chi connectivity index (χ0) is 11.3. The predicted octanol–water partition coefficient (Wildman–Crippen LogP) is 1.23. The second-order valence-corrected chi connectivity index (χ2v) is 4.48. The van der Waals surface area contributed by atoms with Crippen LogP contribution in [-0.4, -0.2) is 15.8 Å². The molecule has 4 heteroatoms. The lowest BCUT2D eigenvalue weighted by molar-refractivity contribution is 0.402. The fraction of sp³-hybridized carbons (Fsp3) is 0.727. The number of aromatic nitrogens is 2. The van der Waals surface area contributed by atoms with Gasteiger partial charge < -0.3 is 0 Å². The van der Waals surface area contributed by atoms with E-state index in [-0.39, 0.29) is 0 Å². The summed E-state index contributed by atoms with van der Waals surface area (Å²) in [6.45, 7) is 4.43. The van der Waals surface area contributed by atoms with Crippen LogP contribution in [-0.2, 0) is 13.5 Å². The molecule has 0 aromatic carbocycles. The number of hydrazine groups is 1. The first-order valence-corrected chi connectivity index (χ1v) is 5.56. The van der Waals surface area contributed by atoms with Gasteiger partial charge in [0.2, 0.25) is 0 Å². The van der Waals surface area contributed by atoms with Crippen LogP contribution in [0, 0.1) is 5.92 Å². The molecule has 0 bridgehead atoms. The molecule has 0 aliphatic rings. The molecule has 1 heterocycles. The van der Waals surface area contributed by atoms with Crippen LogP contribution in [0.3, 0.4) is 0 Å². The van der Waals surface area contributed by atoms with Crippen molar-refractivity contribution in [1.29, 1.82) is 0 Å². The van der Waals surface area contributed by atoms with E-state index in [1.165, 1.54) is 5.69 Å². The van der Waals surface area contributed by atoms with Gasteiger partial charge in [0.25, 0.3) is 0 Å². The Bertz CT molecular complexity index is 280. The highest BCUT2D eigenvalue weighted by Crippen LogP contribution is 2.10. The zero-order valence-electron chi connectivity index (χ0n) is 9.90. The summed E-state index contributed by atoms with van der Waals surface area (Å²) in [7, 11) is 1.97. The van der Waals surface area contributed by atoms with Crippen LogP contribution in [0.2, 0.25) is 0 Å². The molecule has 0 amide bonds. The third kappa shape index (κ3) is 4.01. The van der Waals surface area contributed by atoms with E-state index in [1.54, 1.807) is 0 Å². The first-order chi connectivity index (χ1) is 7.13. The van der Waals surface area contributed by atoms with Gasteiger partial charge in [-0.3, -0.25) is 16.0 Å². The number of nitrogens with one attached hydrogen (secondary N) is 1. The largest absolute Gasteiger partial charge is 0.273 e. The first-order valence-electron chi connectivity index (χ1n) is 5.56. The number of nitrogens with two attached hydrogens (primary N) is 1. The second kappa shape index (κ2) is 5.88. The highest BCUT2D eigenvalue weighted by atomic mass is 15.3. The smallest absolute Gasteiger partial charge is 0.0492 e. The molecular formula is C11H22N4. The fourth-order valence-corrected chi connectivity index (χ4v) is 1.81. The summed E-state index contributed by atoms with van der Waals surface area (Å²) in [4.78, 5) is 0. The van der Waals surface area contributed by atoms with E-state index in [9.17, 15) is 0 Å². The minimum absolute atomic E-state index is 0.403. The predicted molar refractivity (Wildman–Crippen MR) is 62.1 cm³/mol. The van der Waals surface area contributed by atoms with Crippen LogP contribution < -0.4 is 11.3 Å². The van der Waals surface area contributed by atoms with Crippen molar-refractivity contribution in [3.8, 4) is 0 Å². The topological polar surface area (TPSA) is 55.9 Å².